The van der Waals surface area contributed by atoms with Crippen LogP contribution < -0.4 is 15.7 Å². The van der Waals surface area contributed by atoms with Crippen LogP contribution in [0.2, 0.25) is 0 Å². The van der Waals surface area contributed by atoms with E-state index in [0.717, 1.165) is 0 Å². The van der Waals surface area contributed by atoms with Crippen molar-refractivity contribution in [3.63, 3.8) is 0 Å². The van der Waals surface area contributed by atoms with Gasteiger partial charge in [-0.3, -0.25) is 0 Å². The minimum Gasteiger partial charge on any atom is -0.376 e. The van der Waals surface area contributed by atoms with Crippen LogP contribution in [0.5, 0.6) is 0 Å². The first-order valence-electron chi connectivity index (χ1n) is 27.6. The number of hydrogen-bond donors (Lipinski definition) is 0. The molecule has 7 aromatic carbocycles. The van der Waals surface area contributed by atoms with E-state index in [0.29, 0.717) is 0 Å². The molecule has 2 nitrogen and oxygen atoms in total. The zero-order valence-electron chi connectivity index (χ0n) is 46.5. The smallest absolute Gasteiger partial charge is 0.333 e. The highest BCUT2D eigenvalue weighted by molar-refractivity contribution is 7.27. The molecule has 0 amide bonds. The molecule has 9 aromatic rings. The van der Waals surface area contributed by atoms with Gasteiger partial charge in [0.25, 0.3) is 0 Å². The fourth-order valence-corrected chi connectivity index (χ4v) is 16.3. The third-order valence-corrected chi connectivity index (χ3v) is 21.0. The molecule has 0 bridgehead atoms. The third-order valence-electron chi connectivity index (χ3n) is 19.8. The molecule has 0 radical (unpaired) electrons. The lowest BCUT2D eigenvalue weighted by Crippen LogP contribution is -2.60. The summed E-state index contributed by atoms with van der Waals surface area (Å²) in [6.45, 7) is 39.1. The van der Waals surface area contributed by atoms with Crippen LogP contribution in [0.3, 0.4) is 0 Å². The standard InChI is InChI=1S/C69H73BN2S/c1-63(2,3)38-21-24-40(25-22-38)72-55-35-43-42-32-48-50(67(11,12)29-27-65(48,7)8)36-47(42)69(15,16)46(43)33-45(55)57-58-41-19-17-18-20-56(41)73-62(58)59-44-34-49-51(68(13,14)30-28-66(49,9)10)37-54(44)71-53-26-23-39(64(4,5)6)31-52(53)70(72)60(57)61(59)71/h17-26,31-37H,27-30H2,1-16H3. The number of hydrogen-bond acceptors (Lipinski definition) is 2. The van der Waals surface area contributed by atoms with Crippen LogP contribution in [-0.2, 0) is 37.9 Å². The van der Waals surface area contributed by atoms with Crippen molar-refractivity contribution < 1.29 is 0 Å². The summed E-state index contributed by atoms with van der Waals surface area (Å²) in [5, 5.41) is 5.63. The molecule has 4 heteroatoms. The van der Waals surface area contributed by atoms with Gasteiger partial charge in [-0.2, -0.15) is 0 Å². The summed E-state index contributed by atoms with van der Waals surface area (Å²) in [5.41, 5.74) is 27.0. The molecule has 3 aliphatic carbocycles. The zero-order chi connectivity index (χ0) is 51.2. The summed E-state index contributed by atoms with van der Waals surface area (Å²) in [7, 11) is 0. The Morgan fingerprint density at radius 1 is 0.493 bits per heavy atom. The number of fused-ring (bicyclic) bond motifs is 18. The largest absolute Gasteiger partial charge is 0.376 e. The number of rotatable bonds is 1. The summed E-state index contributed by atoms with van der Waals surface area (Å²) >= 11 is 2.02. The lowest BCUT2D eigenvalue weighted by Gasteiger charge is -2.43. The molecule has 0 atom stereocenters. The Morgan fingerprint density at radius 3 is 1.68 bits per heavy atom. The van der Waals surface area contributed by atoms with Crippen LogP contribution >= 0.6 is 11.3 Å². The van der Waals surface area contributed by atoms with Gasteiger partial charge in [-0.15, -0.1) is 11.3 Å². The maximum Gasteiger partial charge on any atom is 0.333 e. The van der Waals surface area contributed by atoms with Gasteiger partial charge < -0.3 is 9.38 Å². The van der Waals surface area contributed by atoms with Crippen molar-refractivity contribution in [3.05, 3.63) is 148 Å². The van der Waals surface area contributed by atoms with E-state index in [4.69, 9.17) is 0 Å². The maximum atomic E-state index is 2.81. The molecule has 5 aliphatic rings. The normalized spacial score (nSPS) is 19.2. The molecule has 0 saturated heterocycles. The number of anilines is 2. The average Bonchev–Trinajstić information content (AvgIpc) is 3.98. The Labute approximate surface area is 439 Å². The molecule has 0 spiro atoms. The molecule has 73 heavy (non-hydrogen) atoms. The topological polar surface area (TPSA) is 8.17 Å². The highest BCUT2D eigenvalue weighted by Crippen LogP contribution is 2.60. The van der Waals surface area contributed by atoms with E-state index in [1.165, 1.54) is 157 Å². The van der Waals surface area contributed by atoms with Crippen molar-refractivity contribution in [1.82, 2.24) is 4.57 Å². The lowest BCUT2D eigenvalue weighted by atomic mass is 9.43. The lowest BCUT2D eigenvalue weighted by molar-refractivity contribution is 0.331. The molecule has 0 saturated carbocycles. The molecule has 14 rings (SSSR count). The summed E-state index contributed by atoms with van der Waals surface area (Å²) in [5.74, 6) is 0. The summed E-state index contributed by atoms with van der Waals surface area (Å²) < 4.78 is 5.55. The molecule has 0 N–H and O–H groups in total. The Bertz CT molecular complexity index is 3960. The van der Waals surface area contributed by atoms with Gasteiger partial charge in [0.2, 0.25) is 0 Å². The Hall–Kier alpha value is -5.58. The second-order valence-corrected chi connectivity index (χ2v) is 29.7. The minimum atomic E-state index is -0.193. The zero-order valence-corrected chi connectivity index (χ0v) is 47.3. The van der Waals surface area contributed by atoms with Crippen LogP contribution in [0, 0.1) is 0 Å². The van der Waals surface area contributed by atoms with Crippen LogP contribution in [0.25, 0.3) is 69.9 Å². The first kappa shape index (κ1) is 46.0. The Morgan fingerprint density at radius 2 is 1.04 bits per heavy atom. The Kier molecular flexibility index (Phi) is 8.83. The van der Waals surface area contributed by atoms with Gasteiger partial charge in [0.15, 0.2) is 0 Å². The first-order valence-corrected chi connectivity index (χ1v) is 28.4. The van der Waals surface area contributed by atoms with Gasteiger partial charge in [-0.25, -0.2) is 0 Å². The van der Waals surface area contributed by atoms with E-state index >= 15 is 0 Å². The number of aromatic nitrogens is 1. The van der Waals surface area contributed by atoms with Gasteiger partial charge in [-0.05, 0) is 185 Å². The highest BCUT2D eigenvalue weighted by atomic mass is 32.1. The second-order valence-electron chi connectivity index (χ2n) is 28.7. The van der Waals surface area contributed by atoms with Crippen molar-refractivity contribution in [2.75, 3.05) is 4.81 Å². The summed E-state index contributed by atoms with van der Waals surface area (Å²) in [6.07, 6.45) is 4.78. The number of benzene rings is 7. The van der Waals surface area contributed by atoms with E-state index < -0.39 is 0 Å². The van der Waals surface area contributed by atoms with E-state index in [-0.39, 0.29) is 44.8 Å². The first-order chi connectivity index (χ1) is 34.2. The molecule has 0 fully saturated rings. The van der Waals surface area contributed by atoms with Gasteiger partial charge in [-0.1, -0.05) is 159 Å². The number of nitrogens with zero attached hydrogens (tertiary/aromatic N) is 2. The van der Waals surface area contributed by atoms with Crippen molar-refractivity contribution in [1.29, 1.82) is 0 Å². The van der Waals surface area contributed by atoms with E-state index in [2.05, 4.69) is 223 Å². The van der Waals surface area contributed by atoms with E-state index in [9.17, 15) is 0 Å². The molecule has 0 unspecified atom stereocenters. The molecule has 2 aromatic heterocycles. The monoisotopic (exact) mass is 973 g/mol. The quantitative estimate of drug-likeness (QED) is 0.149. The van der Waals surface area contributed by atoms with Crippen molar-refractivity contribution >= 4 is 82.5 Å². The predicted octanol–water partition coefficient (Wildman–Crippen LogP) is 18.0. The minimum absolute atomic E-state index is 0.0303. The number of thiophene rings is 1. The molecule has 4 heterocycles. The van der Waals surface area contributed by atoms with Crippen LogP contribution in [0.4, 0.5) is 11.4 Å². The van der Waals surface area contributed by atoms with Crippen LogP contribution in [0.15, 0.2) is 103 Å². The average molecular weight is 973 g/mol. The van der Waals surface area contributed by atoms with Crippen molar-refractivity contribution in [2.24, 2.45) is 0 Å². The van der Waals surface area contributed by atoms with Gasteiger partial charge in [0.1, 0.15) is 0 Å². The van der Waals surface area contributed by atoms with Gasteiger partial charge in [0.05, 0.1) is 11.0 Å². The molecule has 368 valence electrons. The van der Waals surface area contributed by atoms with E-state index in [1.54, 1.807) is 5.56 Å². The fourth-order valence-electron chi connectivity index (χ4n) is 15.0. The SMILES string of the molecule is CC(C)(C)c1ccc(N2B3c4cc(C(C)(C)C)ccc4-n4c5cc6c(cc5c5c7sc8ccccc8c7c(c3c54)-c3cc4c(cc32)-c2cc3c(cc2C4(C)C)C(C)(C)CCC3(C)C)C(C)(C)CCC6(C)C)cc1. The summed E-state index contributed by atoms with van der Waals surface area (Å²) in [4.78, 5) is 2.81. The maximum absolute atomic E-state index is 2.81. The van der Waals surface area contributed by atoms with Crippen molar-refractivity contribution in [2.45, 2.75) is 174 Å². The van der Waals surface area contributed by atoms with E-state index in [1.807, 2.05) is 11.3 Å². The third kappa shape index (κ3) is 6.00. The van der Waals surface area contributed by atoms with Gasteiger partial charge in [0, 0.05) is 59.0 Å². The second kappa shape index (κ2) is 14.0. The van der Waals surface area contributed by atoms with Crippen molar-refractivity contribution in [3.8, 4) is 27.9 Å². The fraction of sp³-hybridized carbons (Fsp3) is 0.391. The molecular formula is C69H73BN2S. The molecular weight excluding hydrogens is 900 g/mol. The molecule has 2 aliphatic heterocycles. The predicted molar refractivity (Wildman–Crippen MR) is 318 cm³/mol. The van der Waals surface area contributed by atoms with Crippen LogP contribution in [-0.4, -0.2) is 11.4 Å². The van der Waals surface area contributed by atoms with Gasteiger partial charge >= 0.3 is 6.85 Å². The highest BCUT2D eigenvalue weighted by Gasteiger charge is 2.49. The van der Waals surface area contributed by atoms with Crippen LogP contribution in [0.1, 0.15) is 181 Å². The summed E-state index contributed by atoms with van der Waals surface area (Å²) in [6, 6.07) is 42.7. The Balaban J connectivity index is 1.20.